The maximum absolute atomic E-state index is 2.27. The minimum atomic E-state index is 1.28. The minimum absolute atomic E-state index is 1.28. The van der Waals surface area contributed by atoms with Crippen LogP contribution in [0.3, 0.4) is 0 Å². The Hall–Kier alpha value is -1.63. The summed E-state index contributed by atoms with van der Waals surface area (Å²) in [6.45, 7) is 8.70. The van der Waals surface area contributed by atoms with E-state index in [1.165, 1.54) is 33.6 Å². The first-order chi connectivity index (χ1) is 8.02. The fourth-order valence-electron chi connectivity index (χ4n) is 2.28. The van der Waals surface area contributed by atoms with E-state index in [0.29, 0.717) is 0 Å². The summed E-state index contributed by atoms with van der Waals surface area (Å²) >= 11 is 0. The number of aryl methyl sites for hydroxylation is 3. The fraction of sp³-hybridized carbons (Fsp3) is 0.312. The lowest BCUT2D eigenvalue weighted by atomic mass is 9.97. The standard InChI is InChI=1S/C16H20N/c1-11-7-6-8-15(14(11)4)16-12(2)9-10-13(3)17(16)5/h6-10H,1-5H3/q+1. The van der Waals surface area contributed by atoms with Gasteiger partial charge < -0.3 is 0 Å². The molecule has 2 aromatic rings. The summed E-state index contributed by atoms with van der Waals surface area (Å²) in [7, 11) is 2.14. The lowest BCUT2D eigenvalue weighted by Gasteiger charge is -2.10. The number of nitrogens with zero attached hydrogens (tertiary/aromatic N) is 1. The summed E-state index contributed by atoms with van der Waals surface area (Å²) in [5.74, 6) is 0. The van der Waals surface area contributed by atoms with Gasteiger partial charge in [-0.1, -0.05) is 12.1 Å². The molecule has 1 heteroatoms. The van der Waals surface area contributed by atoms with Crippen molar-refractivity contribution in [2.75, 3.05) is 0 Å². The van der Waals surface area contributed by atoms with E-state index in [1.54, 1.807) is 0 Å². The van der Waals surface area contributed by atoms with Gasteiger partial charge in [-0.2, -0.15) is 4.57 Å². The lowest BCUT2D eigenvalue weighted by molar-refractivity contribution is -0.667. The van der Waals surface area contributed by atoms with Crippen LogP contribution in [0.25, 0.3) is 11.3 Å². The monoisotopic (exact) mass is 226 g/mol. The fourth-order valence-corrected chi connectivity index (χ4v) is 2.28. The summed E-state index contributed by atoms with van der Waals surface area (Å²) < 4.78 is 2.27. The van der Waals surface area contributed by atoms with Gasteiger partial charge in [0, 0.05) is 24.1 Å². The van der Waals surface area contributed by atoms with Crippen LogP contribution in [-0.4, -0.2) is 0 Å². The van der Waals surface area contributed by atoms with Crippen molar-refractivity contribution in [3.05, 3.63) is 52.7 Å². The molecule has 0 saturated carbocycles. The van der Waals surface area contributed by atoms with Crippen molar-refractivity contribution in [2.24, 2.45) is 7.05 Å². The molecule has 0 amide bonds. The smallest absolute Gasteiger partial charge is 0.198 e. The third-order valence-electron chi connectivity index (χ3n) is 3.67. The molecule has 1 heterocycles. The Morgan fingerprint density at radius 3 is 2.24 bits per heavy atom. The molecular formula is C16H20N+. The highest BCUT2D eigenvalue weighted by Gasteiger charge is 2.17. The molecule has 0 spiro atoms. The summed E-state index contributed by atoms with van der Waals surface area (Å²) in [4.78, 5) is 0. The Balaban J connectivity index is 2.77. The van der Waals surface area contributed by atoms with Crippen LogP contribution in [0.15, 0.2) is 30.3 Å². The first-order valence-electron chi connectivity index (χ1n) is 6.05. The molecule has 0 aliphatic heterocycles. The zero-order chi connectivity index (χ0) is 12.6. The molecule has 0 unspecified atom stereocenters. The maximum Gasteiger partial charge on any atom is 0.215 e. The molecule has 2 rings (SSSR count). The van der Waals surface area contributed by atoms with E-state index in [9.17, 15) is 0 Å². The first-order valence-corrected chi connectivity index (χ1v) is 6.05. The van der Waals surface area contributed by atoms with E-state index < -0.39 is 0 Å². The Labute approximate surface area is 104 Å². The van der Waals surface area contributed by atoms with E-state index in [0.717, 1.165) is 0 Å². The van der Waals surface area contributed by atoms with Crippen LogP contribution in [-0.2, 0) is 7.05 Å². The van der Waals surface area contributed by atoms with Gasteiger partial charge in [0.2, 0.25) is 5.69 Å². The van der Waals surface area contributed by atoms with E-state index >= 15 is 0 Å². The molecular weight excluding hydrogens is 206 g/mol. The van der Waals surface area contributed by atoms with Crippen molar-refractivity contribution in [3.8, 4) is 11.3 Å². The molecule has 0 N–H and O–H groups in total. The molecule has 1 aromatic carbocycles. The van der Waals surface area contributed by atoms with Crippen molar-refractivity contribution < 1.29 is 4.57 Å². The molecule has 1 nitrogen and oxygen atoms in total. The third kappa shape index (κ3) is 1.97. The van der Waals surface area contributed by atoms with Gasteiger partial charge >= 0.3 is 0 Å². The van der Waals surface area contributed by atoms with Crippen molar-refractivity contribution in [1.29, 1.82) is 0 Å². The highest BCUT2D eigenvalue weighted by atomic mass is 14.9. The Bertz CT molecular complexity index is 568. The van der Waals surface area contributed by atoms with Gasteiger partial charge in [0.05, 0.1) is 0 Å². The lowest BCUT2D eigenvalue weighted by Crippen LogP contribution is -2.35. The molecule has 0 atom stereocenters. The highest BCUT2D eigenvalue weighted by molar-refractivity contribution is 5.65. The first kappa shape index (κ1) is 11.8. The summed E-state index contributed by atoms with van der Waals surface area (Å²) in [6.07, 6.45) is 0. The third-order valence-corrected chi connectivity index (χ3v) is 3.67. The molecule has 0 saturated heterocycles. The molecule has 17 heavy (non-hydrogen) atoms. The van der Waals surface area contributed by atoms with Crippen LogP contribution < -0.4 is 4.57 Å². The van der Waals surface area contributed by atoms with Crippen LogP contribution in [0.4, 0.5) is 0 Å². The molecule has 1 aromatic heterocycles. The number of benzene rings is 1. The van der Waals surface area contributed by atoms with Gasteiger partial charge in [-0.25, -0.2) is 0 Å². The van der Waals surface area contributed by atoms with Crippen LogP contribution in [0.2, 0.25) is 0 Å². The predicted octanol–water partition coefficient (Wildman–Crippen LogP) is 3.41. The van der Waals surface area contributed by atoms with Crippen molar-refractivity contribution in [2.45, 2.75) is 27.7 Å². The molecule has 0 radical (unpaired) electrons. The van der Waals surface area contributed by atoms with Crippen LogP contribution >= 0.6 is 0 Å². The SMILES string of the molecule is Cc1cccc(-c2c(C)ccc(C)[n+]2C)c1C. The van der Waals surface area contributed by atoms with Crippen molar-refractivity contribution in [3.63, 3.8) is 0 Å². The summed E-state index contributed by atoms with van der Waals surface area (Å²) in [6, 6.07) is 10.9. The highest BCUT2D eigenvalue weighted by Crippen LogP contribution is 2.25. The minimum Gasteiger partial charge on any atom is -0.198 e. The molecule has 0 bridgehead atoms. The Morgan fingerprint density at radius 2 is 1.53 bits per heavy atom. The van der Waals surface area contributed by atoms with Gasteiger partial charge in [-0.3, -0.25) is 0 Å². The predicted molar refractivity (Wildman–Crippen MR) is 72.0 cm³/mol. The average molecular weight is 226 g/mol. The van der Waals surface area contributed by atoms with Gasteiger partial charge in [0.25, 0.3) is 0 Å². The topological polar surface area (TPSA) is 3.88 Å². The van der Waals surface area contributed by atoms with Crippen LogP contribution in [0.1, 0.15) is 22.4 Å². The van der Waals surface area contributed by atoms with Crippen molar-refractivity contribution in [1.82, 2.24) is 0 Å². The molecule has 0 fully saturated rings. The number of pyridine rings is 1. The molecule has 0 aliphatic rings. The second kappa shape index (κ2) is 4.33. The normalized spacial score (nSPS) is 10.6. The average Bonchev–Trinajstić information content (AvgIpc) is 2.30. The maximum atomic E-state index is 2.27. The number of hydrogen-bond acceptors (Lipinski definition) is 0. The van der Waals surface area contributed by atoms with E-state index in [1.807, 2.05) is 0 Å². The van der Waals surface area contributed by atoms with Crippen LogP contribution in [0.5, 0.6) is 0 Å². The van der Waals surface area contributed by atoms with Gasteiger partial charge in [-0.15, -0.1) is 0 Å². The van der Waals surface area contributed by atoms with E-state index in [-0.39, 0.29) is 0 Å². The van der Waals surface area contributed by atoms with E-state index in [4.69, 9.17) is 0 Å². The second-order valence-electron chi connectivity index (χ2n) is 4.81. The van der Waals surface area contributed by atoms with Crippen LogP contribution in [0, 0.1) is 27.7 Å². The largest absolute Gasteiger partial charge is 0.215 e. The molecule has 88 valence electrons. The van der Waals surface area contributed by atoms with Gasteiger partial charge in [0.1, 0.15) is 7.05 Å². The van der Waals surface area contributed by atoms with Crippen molar-refractivity contribution >= 4 is 0 Å². The summed E-state index contributed by atoms with van der Waals surface area (Å²) in [5.41, 5.74) is 8.00. The Morgan fingerprint density at radius 1 is 0.824 bits per heavy atom. The zero-order valence-electron chi connectivity index (χ0n) is 11.3. The number of rotatable bonds is 1. The quantitative estimate of drug-likeness (QED) is 0.656. The number of aromatic nitrogens is 1. The van der Waals surface area contributed by atoms with E-state index in [2.05, 4.69) is 69.6 Å². The number of hydrogen-bond donors (Lipinski definition) is 0. The van der Waals surface area contributed by atoms with Gasteiger partial charge in [-0.05, 0) is 44.0 Å². The van der Waals surface area contributed by atoms with Gasteiger partial charge in [0.15, 0.2) is 5.69 Å². The summed E-state index contributed by atoms with van der Waals surface area (Å²) in [5, 5.41) is 0. The molecule has 0 aliphatic carbocycles. The Kier molecular flexibility index (Phi) is 3.01. The second-order valence-corrected chi connectivity index (χ2v) is 4.81. The zero-order valence-corrected chi connectivity index (χ0v) is 11.3.